The molecule has 0 radical (unpaired) electrons. The van der Waals surface area contributed by atoms with Crippen LogP contribution in [0.4, 0.5) is 16.2 Å². The van der Waals surface area contributed by atoms with E-state index in [0.29, 0.717) is 10.7 Å². The summed E-state index contributed by atoms with van der Waals surface area (Å²) in [6.45, 7) is 6.54. The Balaban J connectivity index is 1.56. The van der Waals surface area contributed by atoms with Gasteiger partial charge < -0.3 is 15.5 Å². The molecule has 0 saturated carbocycles. The third-order valence-electron chi connectivity index (χ3n) is 4.86. The van der Waals surface area contributed by atoms with Crippen LogP contribution in [0.5, 0.6) is 0 Å². The maximum Gasteiger partial charge on any atom is 0.319 e. The highest BCUT2D eigenvalue weighted by molar-refractivity contribution is 6.30. The van der Waals surface area contributed by atoms with Crippen molar-refractivity contribution in [3.8, 4) is 0 Å². The molecule has 0 aliphatic carbocycles. The lowest BCUT2D eigenvalue weighted by Gasteiger charge is -2.33. The molecule has 2 N–H and O–H groups in total. The van der Waals surface area contributed by atoms with Crippen LogP contribution in [0, 0.1) is 5.92 Å². The molecule has 2 atom stereocenters. The van der Waals surface area contributed by atoms with Gasteiger partial charge in [0.1, 0.15) is 0 Å². The smallest absolute Gasteiger partial charge is 0.319 e. The summed E-state index contributed by atoms with van der Waals surface area (Å²) in [5, 5.41) is 6.44. The second kappa shape index (κ2) is 8.45. The van der Waals surface area contributed by atoms with E-state index in [4.69, 9.17) is 11.6 Å². The van der Waals surface area contributed by atoms with Gasteiger partial charge in [-0.2, -0.15) is 0 Å². The second-order valence-electron chi connectivity index (χ2n) is 7.11. The number of piperidine rings is 1. The molecule has 3 rings (SSSR count). The predicted molar refractivity (Wildman–Crippen MR) is 109 cm³/mol. The molecular weight excluding hydrogens is 346 g/mol. The van der Waals surface area contributed by atoms with Crippen molar-refractivity contribution in [1.82, 2.24) is 5.32 Å². The Morgan fingerprint density at radius 3 is 2.50 bits per heavy atom. The van der Waals surface area contributed by atoms with Gasteiger partial charge in [0.25, 0.3) is 0 Å². The molecule has 0 unspecified atom stereocenters. The number of benzene rings is 2. The Morgan fingerprint density at radius 1 is 1.15 bits per heavy atom. The molecule has 1 heterocycles. The first kappa shape index (κ1) is 18.6. The minimum absolute atomic E-state index is 0.0726. The van der Waals surface area contributed by atoms with Crippen LogP contribution in [0.1, 0.15) is 38.3 Å². The summed E-state index contributed by atoms with van der Waals surface area (Å²) in [5.74, 6) is 0.751. The van der Waals surface area contributed by atoms with Gasteiger partial charge in [0.15, 0.2) is 0 Å². The number of carbonyl (C=O) groups is 1. The number of carbonyl (C=O) groups excluding carboxylic acids is 1. The van der Waals surface area contributed by atoms with Gasteiger partial charge >= 0.3 is 6.03 Å². The van der Waals surface area contributed by atoms with Crippen molar-refractivity contribution >= 4 is 29.0 Å². The van der Waals surface area contributed by atoms with Crippen LogP contribution in [0.2, 0.25) is 5.02 Å². The number of urea groups is 1. The molecule has 1 aliphatic rings. The van der Waals surface area contributed by atoms with E-state index in [-0.39, 0.29) is 12.1 Å². The van der Waals surface area contributed by atoms with Crippen LogP contribution in [-0.4, -0.2) is 19.1 Å². The fraction of sp³-hybridized carbons (Fsp3) is 0.381. The Labute approximate surface area is 160 Å². The highest BCUT2D eigenvalue weighted by Gasteiger charge is 2.17. The van der Waals surface area contributed by atoms with Crippen LogP contribution >= 0.6 is 11.6 Å². The summed E-state index contributed by atoms with van der Waals surface area (Å²) < 4.78 is 0. The fourth-order valence-electron chi connectivity index (χ4n) is 3.38. The first-order valence-electron chi connectivity index (χ1n) is 9.19. The number of rotatable bonds is 4. The van der Waals surface area contributed by atoms with Crippen LogP contribution in [0.3, 0.4) is 0 Å². The summed E-state index contributed by atoms with van der Waals surface area (Å²) in [5.41, 5.74) is 3.07. The molecule has 0 spiro atoms. The van der Waals surface area contributed by atoms with E-state index in [2.05, 4.69) is 46.7 Å². The topological polar surface area (TPSA) is 44.4 Å². The molecule has 0 bridgehead atoms. The quantitative estimate of drug-likeness (QED) is 0.749. The zero-order valence-corrected chi connectivity index (χ0v) is 16.1. The highest BCUT2D eigenvalue weighted by atomic mass is 35.5. The molecule has 2 amide bonds. The van der Waals surface area contributed by atoms with Crippen molar-refractivity contribution < 1.29 is 4.79 Å². The summed E-state index contributed by atoms with van der Waals surface area (Å²) >= 11 is 5.86. The highest BCUT2D eigenvalue weighted by Crippen LogP contribution is 2.24. The normalized spacial score (nSPS) is 18.3. The number of hydrogen-bond donors (Lipinski definition) is 2. The SMILES string of the molecule is C[C@@H]1CCCN(c2ccc([C@H](C)NC(=O)Nc3ccc(Cl)cc3)cc2)C1. The lowest BCUT2D eigenvalue weighted by molar-refractivity contribution is 0.249. The maximum atomic E-state index is 12.2. The molecular formula is C21H26ClN3O. The molecule has 5 heteroatoms. The maximum absolute atomic E-state index is 12.2. The number of anilines is 2. The van der Waals surface area contributed by atoms with E-state index < -0.39 is 0 Å². The minimum atomic E-state index is -0.228. The van der Waals surface area contributed by atoms with Gasteiger partial charge in [0, 0.05) is 29.5 Å². The van der Waals surface area contributed by atoms with Gasteiger partial charge in [-0.15, -0.1) is 0 Å². The molecule has 138 valence electrons. The lowest BCUT2D eigenvalue weighted by Crippen LogP contribution is -2.34. The largest absolute Gasteiger partial charge is 0.371 e. The number of hydrogen-bond acceptors (Lipinski definition) is 2. The van der Waals surface area contributed by atoms with E-state index in [1.54, 1.807) is 24.3 Å². The summed E-state index contributed by atoms with van der Waals surface area (Å²) in [6, 6.07) is 15.3. The van der Waals surface area contributed by atoms with Crippen molar-refractivity contribution in [3.63, 3.8) is 0 Å². The Kier molecular flexibility index (Phi) is 6.04. The van der Waals surface area contributed by atoms with Crippen LogP contribution in [0.15, 0.2) is 48.5 Å². The Bertz CT molecular complexity index is 730. The average molecular weight is 372 g/mol. The van der Waals surface area contributed by atoms with E-state index in [9.17, 15) is 4.79 Å². The number of nitrogens with zero attached hydrogens (tertiary/aromatic N) is 1. The second-order valence-corrected chi connectivity index (χ2v) is 7.55. The van der Waals surface area contributed by atoms with Gasteiger partial charge in [0.2, 0.25) is 0 Å². The molecule has 1 fully saturated rings. The first-order chi connectivity index (χ1) is 12.5. The van der Waals surface area contributed by atoms with Gasteiger partial charge in [0.05, 0.1) is 6.04 Å². The van der Waals surface area contributed by atoms with E-state index in [1.807, 2.05) is 6.92 Å². The van der Waals surface area contributed by atoms with Crippen LogP contribution in [-0.2, 0) is 0 Å². The number of amides is 2. The number of halogens is 1. The summed E-state index contributed by atoms with van der Waals surface area (Å²) in [7, 11) is 0. The van der Waals surface area contributed by atoms with E-state index in [0.717, 1.165) is 24.6 Å². The van der Waals surface area contributed by atoms with Crippen molar-refractivity contribution in [2.24, 2.45) is 5.92 Å². The Morgan fingerprint density at radius 2 is 1.85 bits per heavy atom. The van der Waals surface area contributed by atoms with Crippen molar-refractivity contribution in [1.29, 1.82) is 0 Å². The van der Waals surface area contributed by atoms with Crippen molar-refractivity contribution in [2.75, 3.05) is 23.3 Å². The lowest BCUT2D eigenvalue weighted by atomic mass is 9.99. The third-order valence-corrected chi connectivity index (χ3v) is 5.12. The van der Waals surface area contributed by atoms with Crippen molar-refractivity contribution in [3.05, 3.63) is 59.1 Å². The van der Waals surface area contributed by atoms with Crippen LogP contribution in [0.25, 0.3) is 0 Å². The molecule has 1 aliphatic heterocycles. The zero-order chi connectivity index (χ0) is 18.5. The van der Waals surface area contributed by atoms with Gasteiger partial charge in [-0.3, -0.25) is 0 Å². The van der Waals surface area contributed by atoms with Crippen LogP contribution < -0.4 is 15.5 Å². The van der Waals surface area contributed by atoms with Gasteiger partial charge in [-0.05, 0) is 67.6 Å². The third kappa shape index (κ3) is 4.92. The van der Waals surface area contributed by atoms with E-state index >= 15 is 0 Å². The summed E-state index contributed by atoms with van der Waals surface area (Å²) in [4.78, 5) is 14.6. The fourth-order valence-corrected chi connectivity index (χ4v) is 3.50. The minimum Gasteiger partial charge on any atom is -0.371 e. The molecule has 2 aromatic rings. The zero-order valence-electron chi connectivity index (χ0n) is 15.3. The predicted octanol–water partition coefficient (Wildman–Crippen LogP) is 5.46. The standard InChI is InChI=1S/C21H26ClN3O/c1-15-4-3-13-25(14-15)20-11-5-17(6-12-20)16(2)23-21(26)24-19-9-7-18(22)8-10-19/h5-12,15-16H,3-4,13-14H2,1-2H3,(H2,23,24,26)/t15-,16+/m1/s1. The number of nitrogens with one attached hydrogen (secondary N) is 2. The van der Waals surface area contributed by atoms with Gasteiger partial charge in [-0.25, -0.2) is 4.79 Å². The molecule has 0 aromatic heterocycles. The first-order valence-corrected chi connectivity index (χ1v) is 9.57. The molecule has 1 saturated heterocycles. The summed E-state index contributed by atoms with van der Waals surface area (Å²) in [6.07, 6.45) is 2.57. The Hall–Kier alpha value is -2.20. The van der Waals surface area contributed by atoms with E-state index in [1.165, 1.54) is 18.5 Å². The average Bonchev–Trinajstić information content (AvgIpc) is 2.64. The molecule has 2 aromatic carbocycles. The molecule has 26 heavy (non-hydrogen) atoms. The van der Waals surface area contributed by atoms with Crippen molar-refractivity contribution in [2.45, 2.75) is 32.7 Å². The molecule has 4 nitrogen and oxygen atoms in total. The monoisotopic (exact) mass is 371 g/mol. The van der Waals surface area contributed by atoms with Gasteiger partial charge in [-0.1, -0.05) is 30.7 Å².